The maximum Gasteiger partial charge on any atom is 0.253 e. The van der Waals surface area contributed by atoms with Gasteiger partial charge in [-0.1, -0.05) is 0 Å². The van der Waals surface area contributed by atoms with Crippen molar-refractivity contribution >= 4 is 33.9 Å². The molecule has 2 aromatic heterocycles. The van der Waals surface area contributed by atoms with Crippen molar-refractivity contribution in [2.75, 3.05) is 12.4 Å². The fraction of sp³-hybridized carbons (Fsp3) is 0.368. The standard InChI is InChI=1S/C19H24BrN5O3/c1-10(2)23-17-14(7-21)13(6-16(20)25-17)18(26)22-8-15-12(9-28-4)5-11(3)24-19(15)27/h5-7,10,21H,8-9H2,1-4H3,(H,22,26)(H,23,25)(H,24,27). The number of nitrogens with zero attached hydrogens (tertiary/aromatic N) is 1. The molecule has 0 radical (unpaired) electrons. The van der Waals surface area contributed by atoms with Crippen LogP contribution >= 0.6 is 15.9 Å². The Morgan fingerprint density at radius 3 is 2.75 bits per heavy atom. The third kappa shape index (κ3) is 5.26. The number of methoxy groups -OCH3 is 1. The monoisotopic (exact) mass is 449 g/mol. The van der Waals surface area contributed by atoms with Crippen molar-refractivity contribution in [1.82, 2.24) is 15.3 Å². The number of hydrogen-bond acceptors (Lipinski definition) is 6. The van der Waals surface area contributed by atoms with E-state index in [1.165, 1.54) is 0 Å². The minimum absolute atomic E-state index is 0.0392. The first-order valence-corrected chi connectivity index (χ1v) is 9.52. The number of nitrogens with one attached hydrogen (secondary N) is 4. The highest BCUT2D eigenvalue weighted by Gasteiger charge is 2.18. The molecule has 8 nitrogen and oxygen atoms in total. The molecule has 0 spiro atoms. The van der Waals surface area contributed by atoms with Crippen molar-refractivity contribution in [3.8, 4) is 0 Å². The van der Waals surface area contributed by atoms with E-state index in [1.807, 2.05) is 19.9 Å². The molecule has 1 amide bonds. The lowest BCUT2D eigenvalue weighted by Gasteiger charge is -2.16. The molecule has 0 saturated carbocycles. The van der Waals surface area contributed by atoms with Gasteiger partial charge in [0.2, 0.25) is 0 Å². The maximum absolute atomic E-state index is 12.8. The van der Waals surface area contributed by atoms with E-state index in [1.54, 1.807) is 20.1 Å². The van der Waals surface area contributed by atoms with Gasteiger partial charge < -0.3 is 25.8 Å². The van der Waals surface area contributed by atoms with Crippen molar-refractivity contribution in [1.29, 1.82) is 5.41 Å². The summed E-state index contributed by atoms with van der Waals surface area (Å²) in [6, 6.07) is 3.46. The van der Waals surface area contributed by atoms with Crippen molar-refractivity contribution in [3.63, 3.8) is 0 Å². The second kappa shape index (κ2) is 9.61. The van der Waals surface area contributed by atoms with E-state index in [0.717, 1.165) is 17.5 Å². The highest BCUT2D eigenvalue weighted by atomic mass is 79.9. The molecule has 2 heterocycles. The zero-order valence-corrected chi connectivity index (χ0v) is 17.9. The van der Waals surface area contributed by atoms with Gasteiger partial charge in [-0.25, -0.2) is 4.98 Å². The van der Waals surface area contributed by atoms with Crippen LogP contribution in [-0.4, -0.2) is 35.2 Å². The van der Waals surface area contributed by atoms with Gasteiger partial charge >= 0.3 is 0 Å². The number of halogens is 1. The van der Waals surface area contributed by atoms with Crippen molar-refractivity contribution in [3.05, 3.63) is 55.0 Å². The molecule has 0 aliphatic carbocycles. The quantitative estimate of drug-likeness (QED) is 0.364. The summed E-state index contributed by atoms with van der Waals surface area (Å²) in [5, 5.41) is 13.6. The molecule has 0 saturated heterocycles. The number of anilines is 1. The van der Waals surface area contributed by atoms with Gasteiger partial charge in [0.25, 0.3) is 11.5 Å². The molecule has 0 fully saturated rings. The number of aryl methyl sites for hydroxylation is 1. The molecular weight excluding hydrogens is 426 g/mol. The van der Waals surface area contributed by atoms with Gasteiger partial charge in [0.1, 0.15) is 10.4 Å². The summed E-state index contributed by atoms with van der Waals surface area (Å²) in [4.78, 5) is 32.2. The van der Waals surface area contributed by atoms with Crippen LogP contribution in [0.25, 0.3) is 0 Å². The molecule has 2 rings (SSSR count). The fourth-order valence-electron chi connectivity index (χ4n) is 2.77. The Labute approximate surface area is 171 Å². The maximum atomic E-state index is 12.8. The highest BCUT2D eigenvalue weighted by Crippen LogP contribution is 2.22. The van der Waals surface area contributed by atoms with Crippen molar-refractivity contribution in [2.45, 2.75) is 40.0 Å². The minimum Gasteiger partial charge on any atom is -0.380 e. The third-order valence-electron chi connectivity index (χ3n) is 3.93. The number of pyridine rings is 2. The molecule has 0 unspecified atom stereocenters. The van der Waals surface area contributed by atoms with E-state index in [2.05, 4.69) is 36.5 Å². The van der Waals surface area contributed by atoms with Gasteiger partial charge in [-0.2, -0.15) is 0 Å². The number of carbonyl (C=O) groups excluding carboxylic acids is 1. The van der Waals surface area contributed by atoms with Crippen LogP contribution in [-0.2, 0) is 17.9 Å². The zero-order valence-electron chi connectivity index (χ0n) is 16.3. The highest BCUT2D eigenvalue weighted by molar-refractivity contribution is 9.10. The summed E-state index contributed by atoms with van der Waals surface area (Å²) in [5.41, 5.74) is 2.28. The molecule has 9 heteroatoms. The molecule has 2 aromatic rings. The molecule has 4 N–H and O–H groups in total. The average molecular weight is 450 g/mol. The molecule has 0 bridgehead atoms. The van der Waals surface area contributed by atoms with E-state index in [9.17, 15) is 9.59 Å². The van der Waals surface area contributed by atoms with Gasteiger partial charge in [-0.3, -0.25) is 9.59 Å². The van der Waals surface area contributed by atoms with Gasteiger partial charge in [-0.15, -0.1) is 0 Å². The molecule has 0 aromatic carbocycles. The molecule has 28 heavy (non-hydrogen) atoms. The van der Waals surface area contributed by atoms with Crippen LogP contribution in [0.4, 0.5) is 5.82 Å². The Kier molecular flexibility index (Phi) is 7.47. The SMILES string of the molecule is COCc1cc(C)[nH]c(=O)c1CNC(=O)c1cc(Br)nc(NC(C)C)c1C=N. The predicted molar refractivity (Wildman–Crippen MR) is 112 cm³/mol. The Balaban J connectivity index is 2.33. The summed E-state index contributed by atoms with van der Waals surface area (Å²) in [6.07, 6.45) is 1.09. The molecule has 0 aliphatic rings. The van der Waals surface area contributed by atoms with Crippen LogP contribution in [0.1, 0.15) is 46.6 Å². The van der Waals surface area contributed by atoms with Gasteiger partial charge in [0, 0.05) is 42.7 Å². The third-order valence-corrected chi connectivity index (χ3v) is 4.34. The lowest BCUT2D eigenvalue weighted by Crippen LogP contribution is -2.29. The Morgan fingerprint density at radius 1 is 1.43 bits per heavy atom. The number of rotatable bonds is 8. The summed E-state index contributed by atoms with van der Waals surface area (Å²) < 4.78 is 5.63. The minimum atomic E-state index is -0.406. The van der Waals surface area contributed by atoms with E-state index in [4.69, 9.17) is 10.1 Å². The predicted octanol–water partition coefficient (Wildman–Crippen LogP) is 2.74. The van der Waals surface area contributed by atoms with Crippen LogP contribution in [0.15, 0.2) is 21.5 Å². The van der Waals surface area contributed by atoms with Crippen LogP contribution in [0.5, 0.6) is 0 Å². The van der Waals surface area contributed by atoms with Gasteiger partial charge in [0.05, 0.1) is 12.2 Å². The molecule has 0 aliphatic heterocycles. The Hall–Kier alpha value is -2.52. The number of hydrogen-bond donors (Lipinski definition) is 4. The first-order valence-electron chi connectivity index (χ1n) is 8.73. The van der Waals surface area contributed by atoms with E-state index in [-0.39, 0.29) is 30.3 Å². The van der Waals surface area contributed by atoms with Crippen LogP contribution in [0, 0.1) is 12.3 Å². The number of ether oxygens (including phenoxy) is 1. The Morgan fingerprint density at radius 2 is 2.14 bits per heavy atom. The first kappa shape index (κ1) is 21.8. The fourth-order valence-corrected chi connectivity index (χ4v) is 3.17. The van der Waals surface area contributed by atoms with Gasteiger partial charge in [0.15, 0.2) is 0 Å². The van der Waals surface area contributed by atoms with E-state index < -0.39 is 5.91 Å². The summed E-state index contributed by atoms with van der Waals surface area (Å²) in [6.45, 7) is 5.98. The number of carbonyl (C=O) groups is 1. The summed E-state index contributed by atoms with van der Waals surface area (Å²) >= 11 is 3.30. The van der Waals surface area contributed by atoms with E-state index in [0.29, 0.717) is 21.5 Å². The number of aromatic nitrogens is 2. The normalized spacial score (nSPS) is 10.8. The number of amides is 1. The zero-order chi connectivity index (χ0) is 20.8. The second-order valence-corrected chi connectivity index (χ2v) is 7.41. The Bertz CT molecular complexity index is 940. The van der Waals surface area contributed by atoms with Crippen LogP contribution in [0.2, 0.25) is 0 Å². The lowest BCUT2D eigenvalue weighted by atomic mass is 10.1. The topological polar surface area (TPSA) is 120 Å². The summed E-state index contributed by atoms with van der Waals surface area (Å²) in [5.74, 6) is 0.0366. The average Bonchev–Trinajstić information content (AvgIpc) is 2.60. The first-order chi connectivity index (χ1) is 13.3. The number of aromatic amines is 1. The lowest BCUT2D eigenvalue weighted by molar-refractivity contribution is 0.0950. The van der Waals surface area contributed by atoms with Crippen LogP contribution < -0.4 is 16.2 Å². The van der Waals surface area contributed by atoms with E-state index >= 15 is 0 Å². The summed E-state index contributed by atoms with van der Waals surface area (Å²) in [7, 11) is 1.55. The van der Waals surface area contributed by atoms with Crippen molar-refractivity contribution < 1.29 is 9.53 Å². The molecule has 150 valence electrons. The largest absolute Gasteiger partial charge is 0.380 e. The van der Waals surface area contributed by atoms with Gasteiger partial charge in [-0.05, 0) is 54.4 Å². The molecular formula is C19H24BrN5O3. The molecule has 0 atom stereocenters. The number of H-pyrrole nitrogens is 1. The second-order valence-electron chi connectivity index (χ2n) is 6.60. The van der Waals surface area contributed by atoms with Crippen molar-refractivity contribution in [2.24, 2.45) is 0 Å². The van der Waals surface area contributed by atoms with Crippen LogP contribution in [0.3, 0.4) is 0 Å². The smallest absolute Gasteiger partial charge is 0.253 e.